The van der Waals surface area contributed by atoms with Crippen molar-refractivity contribution in [3.63, 3.8) is 0 Å². The van der Waals surface area contributed by atoms with Crippen LogP contribution in [-0.4, -0.2) is 35.0 Å². The number of hydrogen-bond donors (Lipinski definition) is 1. The molecule has 0 unspecified atom stereocenters. The summed E-state index contributed by atoms with van der Waals surface area (Å²) in [6.45, 7) is 2.26. The van der Waals surface area contributed by atoms with Crippen LogP contribution in [0.15, 0.2) is 6.20 Å². The van der Waals surface area contributed by atoms with E-state index in [-0.39, 0.29) is 0 Å². The molecular formula is C10H14N4. The molecule has 1 saturated heterocycles. The van der Waals surface area contributed by atoms with E-state index >= 15 is 0 Å². The maximum atomic E-state index is 8.64. The Morgan fingerprint density at radius 2 is 2.29 bits per heavy atom. The number of nitriles is 1. The number of likely N-dealkylation sites (tertiary alicyclic amines) is 1. The molecule has 2 heterocycles. The summed E-state index contributed by atoms with van der Waals surface area (Å²) in [5.41, 5.74) is 1.12. The minimum absolute atomic E-state index is 0.430. The number of nitrogens with one attached hydrogen (secondary N) is 1. The zero-order valence-electron chi connectivity index (χ0n) is 8.32. The first-order valence-electron chi connectivity index (χ1n) is 4.93. The average molecular weight is 190 g/mol. The lowest BCUT2D eigenvalue weighted by Gasteiger charge is -2.27. The Labute approximate surface area is 83.6 Å². The topological polar surface area (TPSA) is 55.7 Å². The van der Waals surface area contributed by atoms with Crippen molar-refractivity contribution in [2.24, 2.45) is 0 Å². The summed E-state index contributed by atoms with van der Waals surface area (Å²) in [7, 11) is 2.14. The number of aromatic amines is 1. The molecule has 1 aromatic heterocycles. The van der Waals surface area contributed by atoms with E-state index in [1.165, 1.54) is 0 Å². The molecule has 14 heavy (non-hydrogen) atoms. The summed E-state index contributed by atoms with van der Waals surface area (Å²) in [6, 6.07) is 2.02. The van der Waals surface area contributed by atoms with Gasteiger partial charge in [-0.15, -0.1) is 0 Å². The third-order valence-corrected chi connectivity index (χ3v) is 2.86. The van der Waals surface area contributed by atoms with E-state index in [0.29, 0.717) is 11.7 Å². The number of H-pyrrole nitrogens is 1. The number of hydrogen-bond acceptors (Lipinski definition) is 3. The van der Waals surface area contributed by atoms with Gasteiger partial charge in [-0.25, -0.2) is 4.98 Å². The van der Waals surface area contributed by atoms with Crippen molar-refractivity contribution in [3.05, 3.63) is 17.7 Å². The number of nitrogens with zero attached hydrogens (tertiary/aromatic N) is 3. The lowest BCUT2D eigenvalue weighted by molar-refractivity contribution is 0.253. The molecular weight excluding hydrogens is 176 g/mol. The molecule has 1 N–H and O–H groups in total. The Morgan fingerprint density at radius 1 is 1.57 bits per heavy atom. The minimum atomic E-state index is 0.430. The lowest BCUT2D eigenvalue weighted by atomic mass is 9.94. The van der Waals surface area contributed by atoms with Crippen LogP contribution in [0, 0.1) is 11.3 Å². The SMILES string of the molecule is CN1CCC(c2cnc(C#N)[nH]2)CC1. The third-order valence-electron chi connectivity index (χ3n) is 2.86. The van der Waals surface area contributed by atoms with Crippen molar-refractivity contribution < 1.29 is 0 Å². The number of rotatable bonds is 1. The normalized spacial score (nSPS) is 19.4. The highest BCUT2D eigenvalue weighted by Crippen LogP contribution is 2.25. The molecule has 1 aliphatic heterocycles. The highest BCUT2D eigenvalue weighted by Gasteiger charge is 2.19. The molecule has 1 aromatic rings. The van der Waals surface area contributed by atoms with Gasteiger partial charge in [0, 0.05) is 17.8 Å². The fourth-order valence-corrected chi connectivity index (χ4v) is 1.92. The van der Waals surface area contributed by atoms with Crippen LogP contribution < -0.4 is 0 Å². The lowest BCUT2D eigenvalue weighted by Crippen LogP contribution is -2.29. The molecule has 0 bridgehead atoms. The molecule has 4 heteroatoms. The number of aromatic nitrogens is 2. The molecule has 0 aliphatic carbocycles. The van der Waals surface area contributed by atoms with Crippen LogP contribution in [0.3, 0.4) is 0 Å². The van der Waals surface area contributed by atoms with Crippen molar-refractivity contribution in [1.29, 1.82) is 5.26 Å². The zero-order valence-corrected chi connectivity index (χ0v) is 8.32. The molecule has 0 spiro atoms. The van der Waals surface area contributed by atoms with Crippen LogP contribution in [0.4, 0.5) is 0 Å². The van der Waals surface area contributed by atoms with Gasteiger partial charge < -0.3 is 9.88 Å². The Kier molecular flexibility index (Phi) is 2.51. The van der Waals surface area contributed by atoms with Crippen LogP contribution >= 0.6 is 0 Å². The van der Waals surface area contributed by atoms with E-state index in [9.17, 15) is 0 Å². The highest BCUT2D eigenvalue weighted by atomic mass is 15.1. The highest BCUT2D eigenvalue weighted by molar-refractivity contribution is 5.16. The molecule has 2 rings (SSSR count). The second-order valence-electron chi connectivity index (χ2n) is 3.88. The van der Waals surface area contributed by atoms with Gasteiger partial charge in [-0.3, -0.25) is 0 Å². The summed E-state index contributed by atoms with van der Waals surface area (Å²) in [6.07, 6.45) is 4.11. The van der Waals surface area contributed by atoms with Gasteiger partial charge in [-0.2, -0.15) is 5.26 Å². The molecule has 1 aliphatic rings. The van der Waals surface area contributed by atoms with Crippen molar-refractivity contribution in [2.45, 2.75) is 18.8 Å². The fraction of sp³-hybridized carbons (Fsp3) is 0.600. The monoisotopic (exact) mass is 190 g/mol. The van der Waals surface area contributed by atoms with Gasteiger partial charge >= 0.3 is 0 Å². The largest absolute Gasteiger partial charge is 0.333 e. The van der Waals surface area contributed by atoms with E-state index < -0.39 is 0 Å². The maximum Gasteiger partial charge on any atom is 0.210 e. The maximum absolute atomic E-state index is 8.64. The summed E-state index contributed by atoms with van der Waals surface area (Å²) in [4.78, 5) is 9.39. The third kappa shape index (κ3) is 1.78. The van der Waals surface area contributed by atoms with Crippen LogP contribution in [-0.2, 0) is 0 Å². The van der Waals surface area contributed by atoms with Crippen LogP contribution in [0.5, 0.6) is 0 Å². The molecule has 0 amide bonds. The van der Waals surface area contributed by atoms with E-state index in [1.54, 1.807) is 6.20 Å². The zero-order chi connectivity index (χ0) is 9.97. The molecule has 4 nitrogen and oxygen atoms in total. The van der Waals surface area contributed by atoms with E-state index in [2.05, 4.69) is 21.9 Å². The first-order valence-corrected chi connectivity index (χ1v) is 4.93. The van der Waals surface area contributed by atoms with Gasteiger partial charge in [-0.05, 0) is 33.0 Å². The summed E-state index contributed by atoms with van der Waals surface area (Å²) < 4.78 is 0. The van der Waals surface area contributed by atoms with E-state index in [1.807, 2.05) is 6.07 Å². The van der Waals surface area contributed by atoms with Gasteiger partial charge in [0.1, 0.15) is 6.07 Å². The average Bonchev–Trinajstić information content (AvgIpc) is 2.67. The van der Waals surface area contributed by atoms with Crippen molar-refractivity contribution in [3.8, 4) is 6.07 Å². The Bertz CT molecular complexity index is 341. The number of piperidine rings is 1. The molecule has 1 fully saturated rings. The smallest absolute Gasteiger partial charge is 0.210 e. The van der Waals surface area contributed by atoms with Crippen molar-refractivity contribution in [1.82, 2.24) is 14.9 Å². The second-order valence-corrected chi connectivity index (χ2v) is 3.88. The minimum Gasteiger partial charge on any atom is -0.333 e. The Balaban J connectivity index is 2.05. The van der Waals surface area contributed by atoms with Crippen molar-refractivity contribution in [2.75, 3.05) is 20.1 Å². The van der Waals surface area contributed by atoms with Crippen molar-refractivity contribution >= 4 is 0 Å². The Morgan fingerprint density at radius 3 is 2.86 bits per heavy atom. The van der Waals surface area contributed by atoms with E-state index in [0.717, 1.165) is 31.6 Å². The van der Waals surface area contributed by atoms with Crippen LogP contribution in [0.25, 0.3) is 0 Å². The first kappa shape index (κ1) is 9.22. The second kappa shape index (κ2) is 3.81. The van der Waals surface area contributed by atoms with Gasteiger partial charge in [0.2, 0.25) is 5.82 Å². The summed E-state index contributed by atoms with van der Waals surface area (Å²) in [5.74, 6) is 0.986. The number of imidazole rings is 1. The Hall–Kier alpha value is -1.34. The van der Waals surface area contributed by atoms with Crippen LogP contribution in [0.1, 0.15) is 30.3 Å². The predicted octanol–water partition coefficient (Wildman–Crippen LogP) is 1.09. The fourth-order valence-electron chi connectivity index (χ4n) is 1.92. The van der Waals surface area contributed by atoms with Gasteiger partial charge in [0.25, 0.3) is 0 Å². The first-order chi connectivity index (χ1) is 6.79. The standard InChI is InChI=1S/C10H14N4/c1-14-4-2-8(3-5-14)9-7-12-10(6-11)13-9/h7-8H,2-5H2,1H3,(H,12,13). The molecule has 74 valence electrons. The van der Waals surface area contributed by atoms with Gasteiger partial charge in [0.15, 0.2) is 0 Å². The van der Waals surface area contributed by atoms with Gasteiger partial charge in [-0.1, -0.05) is 0 Å². The predicted molar refractivity (Wildman–Crippen MR) is 52.8 cm³/mol. The molecule has 0 radical (unpaired) electrons. The van der Waals surface area contributed by atoms with Gasteiger partial charge in [0.05, 0.1) is 0 Å². The summed E-state index contributed by atoms with van der Waals surface area (Å²) in [5, 5.41) is 8.64. The molecule has 0 atom stereocenters. The van der Waals surface area contributed by atoms with E-state index in [4.69, 9.17) is 5.26 Å². The van der Waals surface area contributed by atoms with Crippen LogP contribution in [0.2, 0.25) is 0 Å². The molecule has 0 aromatic carbocycles. The molecule has 0 saturated carbocycles. The summed E-state index contributed by atoms with van der Waals surface area (Å²) >= 11 is 0. The quantitative estimate of drug-likeness (QED) is 0.721.